The molecule has 6 heteroatoms. The van der Waals surface area contributed by atoms with Crippen LogP contribution >= 0.6 is 12.4 Å². The molecule has 24 heavy (non-hydrogen) atoms. The summed E-state index contributed by atoms with van der Waals surface area (Å²) in [5.74, 6) is 1.51. The van der Waals surface area contributed by atoms with E-state index in [9.17, 15) is 4.79 Å². The van der Waals surface area contributed by atoms with E-state index in [1.165, 1.54) is 0 Å². The summed E-state index contributed by atoms with van der Waals surface area (Å²) in [7, 11) is 0. The van der Waals surface area contributed by atoms with Gasteiger partial charge in [0.2, 0.25) is 5.91 Å². The molecule has 1 aromatic rings. The predicted molar refractivity (Wildman–Crippen MR) is 99.2 cm³/mol. The van der Waals surface area contributed by atoms with Crippen LogP contribution in [0.2, 0.25) is 0 Å². The minimum atomic E-state index is 0. The summed E-state index contributed by atoms with van der Waals surface area (Å²) in [6.07, 6.45) is 1.96. The molecular weight excluding hydrogens is 326 g/mol. The average Bonchev–Trinajstić information content (AvgIpc) is 2.63. The van der Waals surface area contributed by atoms with Gasteiger partial charge in [0.15, 0.2) is 0 Å². The summed E-state index contributed by atoms with van der Waals surface area (Å²) in [5.41, 5.74) is 1.14. The first-order chi connectivity index (χ1) is 11.3. The molecule has 2 aliphatic heterocycles. The van der Waals surface area contributed by atoms with Crippen LogP contribution in [0.5, 0.6) is 5.75 Å². The van der Waals surface area contributed by atoms with Crippen molar-refractivity contribution in [2.24, 2.45) is 5.92 Å². The molecule has 0 atom stereocenters. The first-order valence-corrected chi connectivity index (χ1v) is 8.76. The Hall–Kier alpha value is -1.46. The Morgan fingerprint density at radius 1 is 1.17 bits per heavy atom. The Balaban J connectivity index is 0.00000208. The molecule has 3 rings (SSSR count). The third-order valence-corrected chi connectivity index (χ3v) is 4.79. The van der Waals surface area contributed by atoms with E-state index in [1.54, 1.807) is 0 Å². The number of amides is 1. The lowest BCUT2D eigenvalue weighted by Crippen LogP contribution is -2.51. The lowest BCUT2D eigenvalue weighted by Gasteiger charge is -2.38. The molecule has 0 bridgehead atoms. The van der Waals surface area contributed by atoms with Gasteiger partial charge in [0, 0.05) is 32.1 Å². The van der Waals surface area contributed by atoms with E-state index in [2.05, 4.69) is 21.2 Å². The number of halogens is 1. The van der Waals surface area contributed by atoms with Crippen LogP contribution in [0.3, 0.4) is 0 Å². The van der Waals surface area contributed by atoms with Crippen molar-refractivity contribution in [3.05, 3.63) is 24.3 Å². The summed E-state index contributed by atoms with van der Waals surface area (Å²) in [6.45, 7) is 7.99. The monoisotopic (exact) mass is 353 g/mol. The van der Waals surface area contributed by atoms with E-state index in [4.69, 9.17) is 4.74 Å². The minimum absolute atomic E-state index is 0. The maximum Gasteiger partial charge on any atom is 0.225 e. The topological polar surface area (TPSA) is 44.8 Å². The lowest BCUT2D eigenvalue weighted by atomic mass is 9.96. The summed E-state index contributed by atoms with van der Waals surface area (Å²) in [4.78, 5) is 17.0. The van der Waals surface area contributed by atoms with Gasteiger partial charge in [0.1, 0.15) is 5.75 Å². The molecule has 0 aliphatic carbocycles. The van der Waals surface area contributed by atoms with E-state index < -0.39 is 0 Å². The molecule has 5 nitrogen and oxygen atoms in total. The predicted octanol–water partition coefficient (Wildman–Crippen LogP) is 2.16. The number of nitrogens with zero attached hydrogens (tertiary/aromatic N) is 2. The smallest absolute Gasteiger partial charge is 0.225 e. The largest absolute Gasteiger partial charge is 0.492 e. The lowest BCUT2D eigenvalue weighted by molar-refractivity contribution is -0.136. The van der Waals surface area contributed by atoms with Crippen molar-refractivity contribution in [3.63, 3.8) is 0 Å². The maximum atomic E-state index is 12.6. The van der Waals surface area contributed by atoms with Crippen molar-refractivity contribution in [1.29, 1.82) is 0 Å². The Kier molecular flexibility index (Phi) is 7.18. The number of para-hydroxylation sites is 2. The number of anilines is 1. The Morgan fingerprint density at radius 2 is 1.83 bits per heavy atom. The van der Waals surface area contributed by atoms with Gasteiger partial charge < -0.3 is 19.9 Å². The van der Waals surface area contributed by atoms with Crippen LogP contribution in [-0.2, 0) is 4.79 Å². The van der Waals surface area contributed by atoms with Crippen LogP contribution in [0.1, 0.15) is 19.8 Å². The number of carbonyl (C=O) groups is 1. The molecule has 2 heterocycles. The molecule has 1 aromatic carbocycles. The maximum absolute atomic E-state index is 12.6. The van der Waals surface area contributed by atoms with Crippen LogP contribution < -0.4 is 15.0 Å². The van der Waals surface area contributed by atoms with Crippen LogP contribution in [0.15, 0.2) is 24.3 Å². The van der Waals surface area contributed by atoms with Gasteiger partial charge in [-0.15, -0.1) is 12.4 Å². The van der Waals surface area contributed by atoms with Crippen molar-refractivity contribution in [3.8, 4) is 5.75 Å². The Bertz CT molecular complexity index is 527. The van der Waals surface area contributed by atoms with Gasteiger partial charge in [-0.1, -0.05) is 12.1 Å². The Morgan fingerprint density at radius 3 is 2.50 bits per heavy atom. The molecule has 2 aliphatic rings. The number of piperazine rings is 1. The number of hydrogen-bond acceptors (Lipinski definition) is 4. The van der Waals surface area contributed by atoms with Crippen LogP contribution in [0.25, 0.3) is 0 Å². The van der Waals surface area contributed by atoms with Gasteiger partial charge >= 0.3 is 0 Å². The molecule has 2 fully saturated rings. The summed E-state index contributed by atoms with van der Waals surface area (Å²) in [5, 5.41) is 3.33. The van der Waals surface area contributed by atoms with Gasteiger partial charge in [-0.25, -0.2) is 0 Å². The molecule has 2 saturated heterocycles. The number of carbonyl (C=O) groups excluding carboxylic acids is 1. The average molecular weight is 354 g/mol. The van der Waals surface area contributed by atoms with Crippen LogP contribution in [0.4, 0.5) is 5.69 Å². The molecule has 134 valence electrons. The number of nitrogens with one attached hydrogen (secondary N) is 1. The second kappa shape index (κ2) is 9.14. The molecular formula is C18H28ClN3O2. The highest BCUT2D eigenvalue weighted by atomic mass is 35.5. The van der Waals surface area contributed by atoms with E-state index in [1.807, 2.05) is 25.1 Å². The van der Waals surface area contributed by atoms with Crippen LogP contribution in [0, 0.1) is 5.92 Å². The van der Waals surface area contributed by atoms with Crippen molar-refractivity contribution >= 4 is 24.0 Å². The van der Waals surface area contributed by atoms with E-state index in [0.717, 1.165) is 63.5 Å². The fourth-order valence-electron chi connectivity index (χ4n) is 3.49. The van der Waals surface area contributed by atoms with Crippen molar-refractivity contribution in [2.75, 3.05) is 50.8 Å². The molecule has 0 radical (unpaired) electrons. The minimum Gasteiger partial charge on any atom is -0.492 e. The van der Waals surface area contributed by atoms with Gasteiger partial charge in [0.05, 0.1) is 12.3 Å². The van der Waals surface area contributed by atoms with Gasteiger partial charge in [-0.2, -0.15) is 0 Å². The van der Waals surface area contributed by atoms with Gasteiger partial charge in [0.25, 0.3) is 0 Å². The molecule has 1 N–H and O–H groups in total. The van der Waals surface area contributed by atoms with Gasteiger partial charge in [-0.3, -0.25) is 4.79 Å². The number of piperidine rings is 1. The van der Waals surface area contributed by atoms with Crippen molar-refractivity contribution in [1.82, 2.24) is 10.2 Å². The SMILES string of the molecule is CCOc1ccccc1N1CCN(C(=O)C2CCNCC2)CC1.Cl. The zero-order chi connectivity index (χ0) is 16.1. The number of benzene rings is 1. The number of ether oxygens (including phenoxy) is 1. The molecule has 0 saturated carbocycles. The third kappa shape index (κ3) is 4.33. The molecule has 0 aromatic heterocycles. The van der Waals surface area contributed by atoms with E-state index in [0.29, 0.717) is 12.5 Å². The summed E-state index contributed by atoms with van der Waals surface area (Å²) in [6, 6.07) is 8.18. The first kappa shape index (κ1) is 18.9. The zero-order valence-corrected chi connectivity index (χ0v) is 15.2. The highest BCUT2D eigenvalue weighted by molar-refractivity contribution is 5.85. The standard InChI is InChI=1S/C18H27N3O2.ClH/c1-2-23-17-6-4-3-5-16(17)20-11-13-21(14-12-20)18(22)15-7-9-19-10-8-15;/h3-6,15,19H,2,7-14H2,1H3;1H. The highest BCUT2D eigenvalue weighted by Gasteiger charge is 2.28. The molecule has 0 spiro atoms. The quantitative estimate of drug-likeness (QED) is 0.901. The van der Waals surface area contributed by atoms with Gasteiger partial charge in [-0.05, 0) is 45.0 Å². The summed E-state index contributed by atoms with van der Waals surface area (Å²) >= 11 is 0. The first-order valence-electron chi connectivity index (χ1n) is 8.76. The molecule has 0 unspecified atom stereocenters. The highest BCUT2D eigenvalue weighted by Crippen LogP contribution is 2.29. The normalized spacial score (nSPS) is 18.9. The number of hydrogen-bond donors (Lipinski definition) is 1. The Labute approximate surface area is 150 Å². The van der Waals surface area contributed by atoms with Crippen molar-refractivity contribution < 1.29 is 9.53 Å². The fourth-order valence-corrected chi connectivity index (χ4v) is 3.49. The summed E-state index contributed by atoms with van der Waals surface area (Å²) < 4.78 is 5.73. The van der Waals surface area contributed by atoms with E-state index >= 15 is 0 Å². The second-order valence-corrected chi connectivity index (χ2v) is 6.24. The number of rotatable bonds is 4. The fraction of sp³-hybridized carbons (Fsp3) is 0.611. The molecule has 1 amide bonds. The second-order valence-electron chi connectivity index (χ2n) is 6.24. The van der Waals surface area contributed by atoms with E-state index in [-0.39, 0.29) is 18.3 Å². The zero-order valence-electron chi connectivity index (χ0n) is 14.4. The van der Waals surface area contributed by atoms with Crippen LogP contribution in [-0.4, -0.2) is 56.7 Å². The van der Waals surface area contributed by atoms with Crippen molar-refractivity contribution in [2.45, 2.75) is 19.8 Å². The third-order valence-electron chi connectivity index (χ3n) is 4.79.